The maximum absolute atomic E-state index is 13.3. The first kappa shape index (κ1) is 30.7. The molecule has 3 N–H and O–H groups in total. The Kier molecular flexibility index (Phi) is 14.9. The molecule has 0 radical (unpaired) electrons. The lowest BCUT2D eigenvalue weighted by Crippen LogP contribution is -2.56. The predicted molar refractivity (Wildman–Crippen MR) is 132 cm³/mol. The van der Waals surface area contributed by atoms with Crippen LogP contribution >= 0.6 is 11.8 Å². The Morgan fingerprint density at radius 1 is 1.00 bits per heavy atom. The lowest BCUT2D eigenvalue weighted by Gasteiger charge is -2.35. The Morgan fingerprint density at radius 3 is 2.06 bits per heavy atom. The minimum atomic E-state index is -1.16. The highest BCUT2D eigenvalue weighted by Crippen LogP contribution is 2.19. The van der Waals surface area contributed by atoms with Crippen molar-refractivity contribution in [2.45, 2.75) is 84.4 Å². The molecular weight excluding hydrogens is 428 g/mol. The molecule has 0 bridgehead atoms. The Morgan fingerprint density at radius 2 is 1.59 bits per heavy atom. The standard InChI is InChI=1S/C23H46N4O4S/c1-8-13-20(28)25(6)19(17-32-15-12-11-14-27(9-2)10-3)22(30)26(7)18(21(24)29)16-23(4,5)31/h18-19,31H,8-17H2,1-7H3,(H2,24,29)/t18-,19+/m0/s1. The quantitative estimate of drug-likeness (QED) is 0.312. The van der Waals surface area contributed by atoms with Gasteiger partial charge in [-0.15, -0.1) is 0 Å². The van der Waals surface area contributed by atoms with Crippen LogP contribution in [0.4, 0.5) is 0 Å². The summed E-state index contributed by atoms with van der Waals surface area (Å²) >= 11 is 1.65. The molecule has 0 saturated carbocycles. The van der Waals surface area contributed by atoms with Gasteiger partial charge in [0.05, 0.1) is 5.60 Å². The average Bonchev–Trinajstić information content (AvgIpc) is 2.72. The van der Waals surface area contributed by atoms with Crippen LogP contribution in [0.1, 0.15) is 66.7 Å². The second kappa shape index (κ2) is 15.5. The summed E-state index contributed by atoms with van der Waals surface area (Å²) in [5.74, 6) is 0.246. The number of hydrogen-bond acceptors (Lipinski definition) is 6. The zero-order valence-corrected chi connectivity index (χ0v) is 22.0. The van der Waals surface area contributed by atoms with Crippen molar-refractivity contribution in [1.82, 2.24) is 14.7 Å². The van der Waals surface area contributed by atoms with Gasteiger partial charge in [0.1, 0.15) is 12.1 Å². The van der Waals surface area contributed by atoms with E-state index in [1.807, 2.05) is 6.92 Å². The molecule has 0 unspecified atom stereocenters. The van der Waals surface area contributed by atoms with E-state index in [0.717, 1.165) is 38.2 Å². The molecule has 0 heterocycles. The van der Waals surface area contributed by atoms with E-state index in [2.05, 4.69) is 18.7 Å². The normalized spacial score (nSPS) is 13.7. The highest BCUT2D eigenvalue weighted by Gasteiger charge is 2.36. The Bertz CT molecular complexity index is 579. The number of carbonyl (C=O) groups excluding carboxylic acids is 3. The second-order valence-electron chi connectivity index (χ2n) is 8.96. The van der Waals surface area contributed by atoms with Gasteiger partial charge in [-0.25, -0.2) is 0 Å². The highest BCUT2D eigenvalue weighted by atomic mass is 32.2. The molecule has 0 aliphatic rings. The molecule has 0 saturated heterocycles. The molecule has 8 nitrogen and oxygen atoms in total. The number of carbonyl (C=O) groups is 3. The van der Waals surface area contributed by atoms with Gasteiger partial charge in [-0.1, -0.05) is 20.8 Å². The summed E-state index contributed by atoms with van der Waals surface area (Å²) in [6.07, 6.45) is 3.21. The van der Waals surface area contributed by atoms with Crippen LogP contribution in [0.15, 0.2) is 0 Å². The van der Waals surface area contributed by atoms with Crippen LogP contribution < -0.4 is 5.73 Å². The predicted octanol–water partition coefficient (Wildman–Crippen LogP) is 1.94. The molecule has 0 aliphatic carbocycles. The van der Waals surface area contributed by atoms with Crippen LogP contribution in [-0.2, 0) is 14.4 Å². The molecule has 32 heavy (non-hydrogen) atoms. The summed E-state index contributed by atoms with van der Waals surface area (Å²) in [5, 5.41) is 10.2. The van der Waals surface area contributed by atoms with Gasteiger partial charge in [-0.05, 0) is 58.5 Å². The summed E-state index contributed by atoms with van der Waals surface area (Å²) in [4.78, 5) is 43.1. The summed E-state index contributed by atoms with van der Waals surface area (Å²) in [6.45, 7) is 12.5. The van der Waals surface area contributed by atoms with Crippen molar-refractivity contribution in [3.63, 3.8) is 0 Å². The van der Waals surface area contributed by atoms with E-state index in [1.165, 1.54) is 16.8 Å². The monoisotopic (exact) mass is 474 g/mol. The van der Waals surface area contributed by atoms with Crippen LogP contribution in [0.2, 0.25) is 0 Å². The third-order valence-corrected chi connectivity index (χ3v) is 6.76. The zero-order valence-electron chi connectivity index (χ0n) is 21.2. The van der Waals surface area contributed by atoms with Crippen molar-refractivity contribution in [2.75, 3.05) is 45.2 Å². The molecule has 3 amide bonds. The van der Waals surface area contributed by atoms with Gasteiger partial charge < -0.3 is 25.5 Å². The fraction of sp³-hybridized carbons (Fsp3) is 0.870. The largest absolute Gasteiger partial charge is 0.390 e. The van der Waals surface area contributed by atoms with Gasteiger partial charge in [-0.2, -0.15) is 11.8 Å². The van der Waals surface area contributed by atoms with Crippen LogP contribution in [0.5, 0.6) is 0 Å². The van der Waals surface area contributed by atoms with E-state index in [1.54, 1.807) is 32.7 Å². The number of unbranched alkanes of at least 4 members (excludes halogenated alkanes) is 1. The first-order valence-corrected chi connectivity index (χ1v) is 12.9. The third-order valence-electron chi connectivity index (χ3n) is 5.63. The van der Waals surface area contributed by atoms with Crippen LogP contribution in [-0.4, -0.2) is 100 Å². The molecule has 9 heteroatoms. The van der Waals surface area contributed by atoms with Gasteiger partial charge in [0, 0.05) is 32.7 Å². The van der Waals surface area contributed by atoms with Gasteiger partial charge in [0.2, 0.25) is 17.7 Å². The van der Waals surface area contributed by atoms with Crippen LogP contribution in [0, 0.1) is 0 Å². The van der Waals surface area contributed by atoms with Crippen molar-refractivity contribution in [3.05, 3.63) is 0 Å². The SMILES string of the molecule is CCCC(=O)N(C)[C@H](CSCCCCN(CC)CC)C(=O)N(C)[C@@H](CC(C)(C)O)C(N)=O. The number of nitrogens with zero attached hydrogens (tertiary/aromatic N) is 3. The molecule has 0 aliphatic heterocycles. The van der Waals surface area contributed by atoms with Crippen LogP contribution in [0.3, 0.4) is 0 Å². The zero-order chi connectivity index (χ0) is 24.9. The lowest BCUT2D eigenvalue weighted by atomic mass is 9.97. The Hall–Kier alpha value is -1.32. The molecular formula is C23H46N4O4S. The number of nitrogens with two attached hydrogens (primary N) is 1. The maximum Gasteiger partial charge on any atom is 0.246 e. The minimum absolute atomic E-state index is 0.0302. The first-order valence-electron chi connectivity index (χ1n) is 11.7. The molecule has 0 fully saturated rings. The number of aliphatic hydroxyl groups is 1. The Balaban J connectivity index is 5.20. The number of thioether (sulfide) groups is 1. The second-order valence-corrected chi connectivity index (χ2v) is 10.1. The van der Waals surface area contributed by atoms with Crippen molar-refractivity contribution in [3.8, 4) is 0 Å². The van der Waals surface area contributed by atoms with E-state index < -0.39 is 23.6 Å². The highest BCUT2D eigenvalue weighted by molar-refractivity contribution is 7.99. The number of primary amides is 1. The molecule has 0 spiro atoms. The molecule has 0 aromatic heterocycles. The number of hydrogen-bond donors (Lipinski definition) is 2. The third kappa shape index (κ3) is 11.5. The van der Waals surface area contributed by atoms with E-state index in [9.17, 15) is 19.5 Å². The fourth-order valence-electron chi connectivity index (χ4n) is 3.48. The van der Waals surface area contributed by atoms with Crippen LogP contribution in [0.25, 0.3) is 0 Å². The van der Waals surface area contributed by atoms with Gasteiger partial charge in [0.25, 0.3) is 0 Å². The van der Waals surface area contributed by atoms with Crippen molar-refractivity contribution in [1.29, 1.82) is 0 Å². The number of amides is 3. The maximum atomic E-state index is 13.3. The van der Waals surface area contributed by atoms with E-state index in [4.69, 9.17) is 5.73 Å². The summed E-state index contributed by atoms with van der Waals surface area (Å²) in [5.41, 5.74) is 4.38. The van der Waals surface area contributed by atoms with E-state index in [-0.39, 0.29) is 18.2 Å². The summed E-state index contributed by atoms with van der Waals surface area (Å²) in [6, 6.07) is -1.63. The first-order chi connectivity index (χ1) is 14.9. The molecule has 188 valence electrons. The molecule has 0 aromatic rings. The molecule has 0 rings (SSSR count). The summed E-state index contributed by atoms with van der Waals surface area (Å²) in [7, 11) is 3.16. The van der Waals surface area contributed by atoms with Crippen molar-refractivity contribution in [2.24, 2.45) is 5.73 Å². The lowest BCUT2D eigenvalue weighted by molar-refractivity contribution is -0.147. The minimum Gasteiger partial charge on any atom is -0.390 e. The van der Waals surface area contributed by atoms with Gasteiger partial charge in [0.15, 0.2) is 0 Å². The number of likely N-dealkylation sites (N-methyl/N-ethyl adjacent to an activating group) is 2. The topological polar surface area (TPSA) is 107 Å². The van der Waals surface area contributed by atoms with E-state index >= 15 is 0 Å². The fourth-order valence-corrected chi connectivity index (χ4v) is 4.64. The average molecular weight is 475 g/mol. The van der Waals surface area contributed by atoms with Gasteiger partial charge >= 0.3 is 0 Å². The smallest absolute Gasteiger partial charge is 0.246 e. The van der Waals surface area contributed by atoms with Crippen molar-refractivity contribution >= 4 is 29.5 Å². The van der Waals surface area contributed by atoms with E-state index in [0.29, 0.717) is 18.6 Å². The Labute approximate surface area is 199 Å². The van der Waals surface area contributed by atoms with Crippen molar-refractivity contribution < 1.29 is 19.5 Å². The summed E-state index contributed by atoms with van der Waals surface area (Å²) < 4.78 is 0. The molecule has 0 aromatic carbocycles. The molecule has 2 atom stereocenters. The number of rotatable bonds is 17. The van der Waals surface area contributed by atoms with Gasteiger partial charge in [-0.3, -0.25) is 14.4 Å².